The Kier molecular flexibility index (Phi) is 5.10. The molecule has 1 aromatic heterocycles. The van der Waals surface area contributed by atoms with Crippen LogP contribution in [0.1, 0.15) is 28.8 Å². The molecule has 1 heterocycles. The molecule has 3 N–H and O–H groups in total. The molecule has 1 aromatic rings. The highest BCUT2D eigenvalue weighted by molar-refractivity contribution is 5.96. The van der Waals surface area contributed by atoms with Gasteiger partial charge >= 0.3 is 0 Å². The number of nitrogens with zero attached hydrogens (tertiary/aromatic N) is 2. The first kappa shape index (κ1) is 14.5. The number of likely N-dealkylation sites (N-methyl/N-ethyl adjacent to an activating group) is 1. The fourth-order valence-electron chi connectivity index (χ4n) is 1.98. The molecule has 1 fully saturated rings. The van der Waals surface area contributed by atoms with Crippen molar-refractivity contribution < 1.29 is 4.79 Å². The van der Waals surface area contributed by atoms with Crippen LogP contribution in [0.4, 0.5) is 0 Å². The summed E-state index contributed by atoms with van der Waals surface area (Å²) in [6.07, 6.45) is 5.73. The quantitative estimate of drug-likeness (QED) is 0.752. The minimum absolute atomic E-state index is 0.113. The summed E-state index contributed by atoms with van der Waals surface area (Å²) in [4.78, 5) is 18.4. The molecule has 0 unspecified atom stereocenters. The minimum Gasteiger partial charge on any atom is -0.351 e. The van der Waals surface area contributed by atoms with E-state index in [-0.39, 0.29) is 12.5 Å². The van der Waals surface area contributed by atoms with Gasteiger partial charge in [0, 0.05) is 31.5 Å². The molecule has 1 aliphatic carbocycles. The number of carbonyl (C=O) groups excluding carboxylic acids is 1. The van der Waals surface area contributed by atoms with Gasteiger partial charge in [0.15, 0.2) is 0 Å². The zero-order chi connectivity index (χ0) is 14.4. The van der Waals surface area contributed by atoms with Crippen LogP contribution in [-0.4, -0.2) is 48.5 Å². The van der Waals surface area contributed by atoms with E-state index >= 15 is 0 Å². The van der Waals surface area contributed by atoms with E-state index in [1.807, 2.05) is 0 Å². The average molecular weight is 272 g/mol. The van der Waals surface area contributed by atoms with E-state index in [1.54, 1.807) is 18.5 Å². The van der Waals surface area contributed by atoms with Crippen molar-refractivity contribution in [3.8, 4) is 11.8 Å². The van der Waals surface area contributed by atoms with Crippen molar-refractivity contribution in [2.75, 3.05) is 26.7 Å². The Bertz CT molecular complexity index is 528. The Morgan fingerprint density at radius 1 is 1.60 bits per heavy atom. The van der Waals surface area contributed by atoms with E-state index in [2.05, 4.69) is 34.1 Å². The van der Waals surface area contributed by atoms with Crippen LogP contribution in [0.2, 0.25) is 0 Å². The number of amides is 1. The van der Waals surface area contributed by atoms with Gasteiger partial charge in [-0.05, 0) is 26.0 Å². The average Bonchev–Trinajstić information content (AvgIpc) is 3.29. The number of pyridine rings is 1. The highest BCUT2D eigenvalue weighted by Gasteiger charge is 2.25. The maximum atomic E-state index is 12.1. The van der Waals surface area contributed by atoms with Crippen molar-refractivity contribution in [3.05, 3.63) is 29.6 Å². The van der Waals surface area contributed by atoms with Crippen molar-refractivity contribution in [1.29, 1.82) is 0 Å². The highest BCUT2D eigenvalue weighted by atomic mass is 16.1. The standard InChI is InChI=1S/C15H20N4O/c1-19(13-4-5-13)10-9-18-15(20)14-6-8-17-11-12(14)3-2-7-16/h6,8,11,13H,4-5,7,9-10,16H2,1H3,(H,18,20). The van der Waals surface area contributed by atoms with Gasteiger partial charge in [-0.1, -0.05) is 11.8 Å². The highest BCUT2D eigenvalue weighted by Crippen LogP contribution is 2.24. The second kappa shape index (κ2) is 7.04. The van der Waals surface area contributed by atoms with Gasteiger partial charge in [-0.25, -0.2) is 0 Å². The number of carbonyl (C=O) groups is 1. The third-order valence-corrected chi connectivity index (χ3v) is 3.31. The predicted octanol–water partition coefficient (Wildman–Crippen LogP) is 0.216. The summed E-state index contributed by atoms with van der Waals surface area (Å²) >= 11 is 0. The zero-order valence-corrected chi connectivity index (χ0v) is 11.7. The molecule has 20 heavy (non-hydrogen) atoms. The summed E-state index contributed by atoms with van der Waals surface area (Å²) in [6, 6.07) is 2.39. The lowest BCUT2D eigenvalue weighted by Crippen LogP contribution is -2.34. The number of nitrogens with two attached hydrogens (primary N) is 1. The van der Waals surface area contributed by atoms with Gasteiger partial charge in [-0.3, -0.25) is 9.78 Å². The van der Waals surface area contributed by atoms with Crippen molar-refractivity contribution in [2.45, 2.75) is 18.9 Å². The summed E-state index contributed by atoms with van der Waals surface area (Å²) in [5.74, 6) is 5.51. The summed E-state index contributed by atoms with van der Waals surface area (Å²) in [5.41, 5.74) is 6.52. The number of hydrogen-bond acceptors (Lipinski definition) is 4. The Labute approximate surface area is 119 Å². The minimum atomic E-state index is -0.113. The lowest BCUT2D eigenvalue weighted by molar-refractivity contribution is 0.0949. The van der Waals surface area contributed by atoms with Gasteiger partial charge in [0.2, 0.25) is 0 Å². The summed E-state index contributed by atoms with van der Waals surface area (Å²) < 4.78 is 0. The molecule has 0 atom stereocenters. The Morgan fingerprint density at radius 3 is 3.10 bits per heavy atom. The van der Waals surface area contributed by atoms with Crippen molar-refractivity contribution >= 4 is 5.91 Å². The van der Waals surface area contributed by atoms with Crippen LogP contribution < -0.4 is 11.1 Å². The monoisotopic (exact) mass is 272 g/mol. The second-order valence-corrected chi connectivity index (χ2v) is 4.89. The van der Waals surface area contributed by atoms with E-state index in [9.17, 15) is 4.79 Å². The molecule has 0 radical (unpaired) electrons. The Morgan fingerprint density at radius 2 is 2.40 bits per heavy atom. The first-order valence-corrected chi connectivity index (χ1v) is 6.83. The molecule has 0 spiro atoms. The third-order valence-electron chi connectivity index (χ3n) is 3.31. The van der Waals surface area contributed by atoms with Gasteiger partial charge in [-0.2, -0.15) is 0 Å². The van der Waals surface area contributed by atoms with Gasteiger partial charge in [0.25, 0.3) is 5.91 Å². The SMILES string of the molecule is CN(CCNC(=O)c1ccncc1C#CCN)C1CC1. The molecule has 2 rings (SSSR count). The van der Waals surface area contributed by atoms with Crippen molar-refractivity contribution in [3.63, 3.8) is 0 Å². The number of rotatable bonds is 5. The van der Waals surface area contributed by atoms with Crippen LogP contribution in [-0.2, 0) is 0 Å². The van der Waals surface area contributed by atoms with Gasteiger partial charge in [0.1, 0.15) is 0 Å². The molecule has 1 aliphatic rings. The molecule has 106 valence electrons. The number of aromatic nitrogens is 1. The maximum absolute atomic E-state index is 12.1. The molecule has 5 nitrogen and oxygen atoms in total. The Balaban J connectivity index is 1.91. The van der Waals surface area contributed by atoms with Gasteiger partial charge in [-0.15, -0.1) is 0 Å². The van der Waals surface area contributed by atoms with E-state index in [1.165, 1.54) is 12.8 Å². The number of hydrogen-bond donors (Lipinski definition) is 2. The molecule has 0 aromatic carbocycles. The largest absolute Gasteiger partial charge is 0.351 e. The smallest absolute Gasteiger partial charge is 0.252 e. The number of nitrogens with one attached hydrogen (secondary N) is 1. The van der Waals surface area contributed by atoms with Gasteiger partial charge in [0.05, 0.1) is 17.7 Å². The van der Waals surface area contributed by atoms with Crippen LogP contribution >= 0.6 is 0 Å². The lowest BCUT2D eigenvalue weighted by atomic mass is 10.1. The zero-order valence-electron chi connectivity index (χ0n) is 11.7. The van der Waals surface area contributed by atoms with Crippen molar-refractivity contribution in [1.82, 2.24) is 15.2 Å². The Hall–Kier alpha value is -1.90. The molecule has 1 saturated carbocycles. The molecule has 0 aliphatic heterocycles. The molecule has 0 bridgehead atoms. The van der Waals surface area contributed by atoms with Crippen LogP contribution in [0.15, 0.2) is 18.5 Å². The summed E-state index contributed by atoms with van der Waals surface area (Å²) in [6.45, 7) is 1.77. The molecular formula is C15H20N4O. The lowest BCUT2D eigenvalue weighted by Gasteiger charge is -2.15. The first-order chi connectivity index (χ1) is 9.72. The van der Waals surface area contributed by atoms with Crippen molar-refractivity contribution in [2.24, 2.45) is 5.73 Å². The summed E-state index contributed by atoms with van der Waals surface area (Å²) in [5, 5.41) is 2.92. The maximum Gasteiger partial charge on any atom is 0.252 e. The van der Waals surface area contributed by atoms with Crippen LogP contribution in [0, 0.1) is 11.8 Å². The first-order valence-electron chi connectivity index (χ1n) is 6.83. The fraction of sp³-hybridized carbons (Fsp3) is 0.467. The molecule has 5 heteroatoms. The van der Waals surface area contributed by atoms with Crippen LogP contribution in [0.25, 0.3) is 0 Å². The topological polar surface area (TPSA) is 71.2 Å². The van der Waals surface area contributed by atoms with Crippen LogP contribution in [0.3, 0.4) is 0 Å². The third kappa shape index (κ3) is 4.05. The molecular weight excluding hydrogens is 252 g/mol. The second-order valence-electron chi connectivity index (χ2n) is 4.89. The fourth-order valence-corrected chi connectivity index (χ4v) is 1.98. The van der Waals surface area contributed by atoms with Crippen LogP contribution in [0.5, 0.6) is 0 Å². The van der Waals surface area contributed by atoms with E-state index in [0.29, 0.717) is 23.7 Å². The molecule has 1 amide bonds. The predicted molar refractivity (Wildman–Crippen MR) is 78.2 cm³/mol. The summed E-state index contributed by atoms with van der Waals surface area (Å²) in [7, 11) is 2.09. The van der Waals surface area contributed by atoms with Gasteiger partial charge < -0.3 is 16.0 Å². The molecule has 0 saturated heterocycles. The van der Waals surface area contributed by atoms with E-state index in [4.69, 9.17) is 5.73 Å². The van der Waals surface area contributed by atoms with E-state index < -0.39 is 0 Å². The van der Waals surface area contributed by atoms with E-state index in [0.717, 1.165) is 6.54 Å². The normalized spacial score (nSPS) is 13.8.